The van der Waals surface area contributed by atoms with Crippen molar-refractivity contribution in [3.05, 3.63) is 65.9 Å². The number of carbonyl (C=O) groups excluding carboxylic acids is 1. The van der Waals surface area contributed by atoms with Gasteiger partial charge in [0.2, 0.25) is 0 Å². The van der Waals surface area contributed by atoms with Crippen molar-refractivity contribution in [1.82, 2.24) is 10.1 Å². The summed E-state index contributed by atoms with van der Waals surface area (Å²) in [5.74, 6) is 0.785. The zero-order valence-corrected chi connectivity index (χ0v) is 20.8. The van der Waals surface area contributed by atoms with Gasteiger partial charge < -0.3 is 15.0 Å². The number of nitrogens with zero attached hydrogens (tertiary/aromatic N) is 3. The number of cyclic esters (lactones) is 1. The number of hydrogen-bond donors (Lipinski definition) is 0. The van der Waals surface area contributed by atoms with E-state index >= 15 is 0 Å². The first kappa shape index (κ1) is 22.2. The number of aromatic nitrogens is 2. The summed E-state index contributed by atoms with van der Waals surface area (Å²) in [4.78, 5) is 17.9. The van der Waals surface area contributed by atoms with Gasteiger partial charge in [-0.2, -0.15) is 4.98 Å². The molecule has 0 saturated carbocycles. The van der Waals surface area contributed by atoms with Crippen molar-refractivity contribution in [3.8, 4) is 11.5 Å². The third-order valence-electron chi connectivity index (χ3n) is 4.17. The Morgan fingerprint density at radius 1 is 1.24 bits per heavy atom. The van der Waals surface area contributed by atoms with Crippen molar-refractivity contribution in [1.29, 1.82) is 0 Å². The third kappa shape index (κ3) is 5.18. The van der Waals surface area contributed by atoms with E-state index in [1.807, 2.05) is 30.3 Å². The van der Waals surface area contributed by atoms with Gasteiger partial charge in [-0.3, -0.25) is 4.90 Å². The van der Waals surface area contributed by atoms with Gasteiger partial charge in [0.1, 0.15) is 11.9 Å². The second-order valence-electron chi connectivity index (χ2n) is 6.11. The van der Waals surface area contributed by atoms with Gasteiger partial charge in [-0.25, -0.2) is 9.18 Å². The Morgan fingerprint density at radius 3 is 2.72 bits per heavy atom. The van der Waals surface area contributed by atoms with Crippen molar-refractivity contribution >= 4 is 23.5 Å². The molecule has 1 N–H and O–H groups in total. The van der Waals surface area contributed by atoms with Crippen LogP contribution in [0.3, 0.4) is 0 Å². The molecule has 1 fully saturated rings. The van der Waals surface area contributed by atoms with E-state index in [0.29, 0.717) is 28.1 Å². The summed E-state index contributed by atoms with van der Waals surface area (Å²) in [6.45, 7) is 0.230. The first-order valence-corrected chi connectivity index (χ1v) is 9.55. The summed E-state index contributed by atoms with van der Waals surface area (Å²) in [5, 5.41) is 3.93. The normalized spacial score (nSPS) is 15.9. The number of nitrogens with one attached hydrogen (secondary N) is 1. The minimum atomic E-state index is -0.558. The van der Waals surface area contributed by atoms with Crippen LogP contribution in [0.4, 0.5) is 14.9 Å². The second-order valence-corrected chi connectivity index (χ2v) is 7.12. The van der Waals surface area contributed by atoms with E-state index < -0.39 is 18.0 Å². The minimum absolute atomic E-state index is 0. The maximum atomic E-state index is 14.5. The van der Waals surface area contributed by atoms with E-state index in [1.165, 1.54) is 22.7 Å². The number of rotatable bonds is 6. The fourth-order valence-electron chi connectivity index (χ4n) is 2.77. The van der Waals surface area contributed by atoms with E-state index in [0.717, 1.165) is 5.56 Å². The Labute approximate surface area is 206 Å². The van der Waals surface area contributed by atoms with Gasteiger partial charge in [0, 0.05) is 54.5 Å². The monoisotopic (exact) mass is 626 g/mol. The molecule has 10 heteroatoms. The fourth-order valence-corrected chi connectivity index (χ4v) is 3.53. The Bertz CT molecular complexity index is 989. The topological polar surface area (TPSA) is 92.3 Å². The van der Waals surface area contributed by atoms with Gasteiger partial charge >= 0.3 is 6.09 Å². The molecule has 2 heterocycles. The van der Waals surface area contributed by atoms with Gasteiger partial charge in [-0.1, -0.05) is 23.4 Å². The van der Waals surface area contributed by atoms with Gasteiger partial charge in [-0.15, -0.1) is 18.3 Å². The fraction of sp³-hybridized carbons (Fsp3) is 0.211. The molecule has 147 valence electrons. The molecule has 0 unspecified atom stereocenters. The zero-order valence-electron chi connectivity index (χ0n) is 15.2. The van der Waals surface area contributed by atoms with Crippen molar-refractivity contribution in [3.63, 3.8) is 0 Å². The molecule has 1 aliphatic heterocycles. The molecule has 1 atom stereocenters. The average molecular weight is 626 g/mol. The summed E-state index contributed by atoms with van der Waals surface area (Å²) < 4.78 is 24.8. The second kappa shape index (κ2) is 10.0. The van der Waals surface area contributed by atoms with Crippen LogP contribution in [0.15, 0.2) is 57.9 Å². The van der Waals surface area contributed by atoms with Crippen LogP contribution >= 0.6 is 11.8 Å². The number of hydrogen-bond acceptors (Lipinski definition) is 6. The molecule has 0 spiro atoms. The summed E-state index contributed by atoms with van der Waals surface area (Å²) in [5.41, 5.74) is 8.55. The molecule has 1 amide bonds. The third-order valence-corrected chi connectivity index (χ3v) is 5.22. The molecule has 1 aliphatic rings. The maximum absolute atomic E-state index is 14.5. The number of thioether (sulfide) groups is 1. The molecule has 7 nitrogen and oxygen atoms in total. The summed E-state index contributed by atoms with van der Waals surface area (Å²) >= 11 is 1.24. The van der Waals surface area contributed by atoms with Gasteiger partial charge in [0.15, 0.2) is 5.82 Å². The van der Waals surface area contributed by atoms with Crippen LogP contribution in [0.5, 0.6) is 0 Å². The van der Waals surface area contributed by atoms with E-state index in [2.05, 4.69) is 10.1 Å². The summed E-state index contributed by atoms with van der Waals surface area (Å²) in [7, 11) is 0. The molecule has 0 bridgehead atoms. The van der Waals surface area contributed by atoms with Crippen LogP contribution in [0.2, 0.25) is 0 Å². The predicted molar refractivity (Wildman–Crippen MR) is 102 cm³/mol. The first-order chi connectivity index (χ1) is 13.6. The Balaban J connectivity index is 0.00000240. The standard InChI is InChI=1S/C19H16FN4O3S.Ac/c20-15-8-13(24-10-14(9-21)26-19(24)25)6-7-16(15)28-11-17-22-18(27-23-17)12-4-2-1-3-5-12;/h1-8,14,21H,9-11H2;/q-1;/t14-;/m0./s1. The van der Waals surface area contributed by atoms with Gasteiger partial charge in [-0.05, 0) is 30.3 Å². The molecule has 4 rings (SSSR count). The van der Waals surface area contributed by atoms with Gasteiger partial charge in [0.25, 0.3) is 5.89 Å². The van der Waals surface area contributed by atoms with E-state index in [-0.39, 0.29) is 57.2 Å². The molecule has 0 aliphatic carbocycles. The largest absolute Gasteiger partial charge is 0.674 e. The molecule has 2 aromatic carbocycles. The number of halogens is 1. The molecular formula is C19H16AcFN4O3S-. The molecule has 29 heavy (non-hydrogen) atoms. The van der Waals surface area contributed by atoms with Crippen molar-refractivity contribution in [2.75, 3.05) is 18.0 Å². The Hall–Kier alpha value is -1.47. The molecule has 1 radical (unpaired) electrons. The Morgan fingerprint density at radius 2 is 2.03 bits per heavy atom. The minimum Gasteiger partial charge on any atom is -0.674 e. The predicted octanol–water partition coefficient (Wildman–Crippen LogP) is 4.55. The van der Waals surface area contributed by atoms with Crippen LogP contribution in [0, 0.1) is 49.9 Å². The smallest absolute Gasteiger partial charge is 0.414 e. The van der Waals surface area contributed by atoms with Crippen LogP contribution in [0.1, 0.15) is 5.82 Å². The molecular weight excluding hydrogens is 610 g/mol. The van der Waals surface area contributed by atoms with E-state index in [1.54, 1.807) is 12.1 Å². The van der Waals surface area contributed by atoms with Crippen molar-refractivity contribution in [2.24, 2.45) is 0 Å². The summed E-state index contributed by atoms with van der Waals surface area (Å²) in [6.07, 6.45) is -1.04. The van der Waals surface area contributed by atoms with Crippen molar-refractivity contribution < 1.29 is 62.5 Å². The van der Waals surface area contributed by atoms with Crippen LogP contribution < -0.4 is 4.90 Å². The zero-order chi connectivity index (χ0) is 19.5. The van der Waals surface area contributed by atoms with E-state index in [9.17, 15) is 9.18 Å². The number of anilines is 1. The average Bonchev–Trinajstić information content (AvgIpc) is 3.34. The molecule has 1 saturated heterocycles. The molecule has 3 aromatic rings. The summed E-state index contributed by atoms with van der Waals surface area (Å²) in [6, 6.07) is 14.0. The van der Waals surface area contributed by atoms with E-state index in [4.69, 9.17) is 15.0 Å². The quantitative estimate of drug-likeness (QED) is 0.373. The van der Waals surface area contributed by atoms with Crippen molar-refractivity contribution in [2.45, 2.75) is 16.8 Å². The number of carbonyl (C=O) groups is 1. The number of amides is 1. The number of ether oxygens (including phenoxy) is 1. The molecule has 1 aromatic heterocycles. The van der Waals surface area contributed by atoms with Crippen LogP contribution in [-0.4, -0.2) is 35.4 Å². The van der Waals surface area contributed by atoms with Gasteiger partial charge in [0.05, 0.1) is 18.0 Å². The maximum Gasteiger partial charge on any atom is 0.414 e. The Kier molecular flexibility index (Phi) is 7.68. The first-order valence-electron chi connectivity index (χ1n) is 8.57. The van der Waals surface area contributed by atoms with Crippen LogP contribution in [-0.2, 0) is 10.5 Å². The SMILES string of the molecule is [Ac].[NH-]C[C@H]1CN(c2ccc(SCc3noc(-c4ccccc4)n3)c(F)c2)C(=O)O1. The van der Waals surface area contributed by atoms with Crippen LogP contribution in [0.25, 0.3) is 17.2 Å². The number of benzene rings is 2.